The van der Waals surface area contributed by atoms with Crippen LogP contribution in [0.2, 0.25) is 0 Å². The van der Waals surface area contributed by atoms with E-state index in [9.17, 15) is 45.6 Å². The summed E-state index contributed by atoms with van der Waals surface area (Å²) in [5.74, 6) is -1.80. The van der Waals surface area contributed by atoms with Crippen LogP contribution < -0.4 is 10.2 Å². The molecule has 216 valence electrons. The van der Waals surface area contributed by atoms with E-state index in [0.29, 0.717) is 0 Å². The van der Waals surface area contributed by atoms with E-state index in [1.54, 1.807) is 0 Å². The summed E-state index contributed by atoms with van der Waals surface area (Å²) in [5, 5.41) is 80.7. The lowest BCUT2D eigenvalue weighted by atomic mass is 10.00. The van der Waals surface area contributed by atoms with Crippen LogP contribution in [0, 0.1) is 0 Å². The monoisotopic (exact) mass is 564 g/mol. The maximum Gasteiger partial charge on any atom is 0.239 e. The molecule has 2 aliphatic rings. The summed E-state index contributed by atoms with van der Waals surface area (Å²) < 4.78 is 28.5. The van der Waals surface area contributed by atoms with Crippen LogP contribution in [0.25, 0.3) is 22.3 Å². The van der Waals surface area contributed by atoms with Crippen molar-refractivity contribution in [3.63, 3.8) is 0 Å². The number of phenols is 3. The Bertz CT molecular complexity index is 1420. The first kappa shape index (κ1) is 28.1. The molecule has 9 atom stereocenters. The van der Waals surface area contributed by atoms with E-state index in [0.717, 1.165) is 12.1 Å². The smallest absolute Gasteiger partial charge is 0.239 e. The van der Waals surface area contributed by atoms with Crippen LogP contribution in [0.3, 0.4) is 0 Å². The second-order valence-corrected chi connectivity index (χ2v) is 9.59. The Morgan fingerprint density at radius 3 is 2.23 bits per heavy atom. The summed E-state index contributed by atoms with van der Waals surface area (Å²) in [6.45, 7) is 0.737. The topological polar surface area (TPSA) is 229 Å². The summed E-state index contributed by atoms with van der Waals surface area (Å²) in [7, 11) is 0. The second-order valence-electron chi connectivity index (χ2n) is 9.59. The zero-order valence-electron chi connectivity index (χ0n) is 20.9. The first-order valence-corrected chi connectivity index (χ1v) is 12.3. The quantitative estimate of drug-likeness (QED) is 0.184. The minimum Gasteiger partial charge on any atom is -0.508 e. The molecule has 0 spiro atoms. The molecule has 3 heterocycles. The third kappa shape index (κ3) is 4.95. The minimum atomic E-state index is -1.74. The van der Waals surface area contributed by atoms with Gasteiger partial charge in [0, 0.05) is 17.7 Å². The van der Waals surface area contributed by atoms with Crippen molar-refractivity contribution in [2.45, 2.75) is 62.2 Å². The van der Waals surface area contributed by atoms with Crippen LogP contribution in [0.4, 0.5) is 0 Å². The summed E-state index contributed by atoms with van der Waals surface area (Å²) in [4.78, 5) is 13.6. The molecule has 0 radical (unpaired) electrons. The normalized spacial score (nSPS) is 32.4. The number of phenolic OH excluding ortho intramolecular Hbond substituents is 3. The maximum absolute atomic E-state index is 13.6. The molecule has 9 unspecified atom stereocenters. The van der Waals surface area contributed by atoms with Gasteiger partial charge in [0.15, 0.2) is 18.2 Å². The Morgan fingerprint density at radius 2 is 1.55 bits per heavy atom. The van der Waals surface area contributed by atoms with Gasteiger partial charge in [0.05, 0.1) is 12.7 Å². The van der Waals surface area contributed by atoms with Crippen LogP contribution in [0.1, 0.15) is 6.92 Å². The first-order chi connectivity index (χ1) is 19.0. The van der Waals surface area contributed by atoms with Crippen LogP contribution >= 0.6 is 0 Å². The first-order valence-electron chi connectivity index (χ1n) is 12.3. The average molecular weight is 564 g/mol. The number of benzene rings is 2. The van der Waals surface area contributed by atoms with Gasteiger partial charge in [-0.25, -0.2) is 0 Å². The molecule has 1 aromatic heterocycles. The fraction of sp³-hybridized carbons (Fsp3) is 0.423. The van der Waals surface area contributed by atoms with Crippen molar-refractivity contribution in [1.82, 2.24) is 0 Å². The molecule has 2 aliphatic heterocycles. The van der Waals surface area contributed by atoms with Crippen LogP contribution in [-0.2, 0) is 14.2 Å². The van der Waals surface area contributed by atoms with Gasteiger partial charge >= 0.3 is 0 Å². The molecule has 14 nitrogen and oxygen atoms in total. The summed E-state index contributed by atoms with van der Waals surface area (Å²) >= 11 is 0. The number of aliphatic hydroxyl groups excluding tert-OH is 5. The molecule has 0 amide bonds. The summed E-state index contributed by atoms with van der Waals surface area (Å²) in [6.07, 6.45) is -13.3. The van der Waals surface area contributed by atoms with Crippen LogP contribution in [-0.4, -0.2) is 103 Å². The average Bonchev–Trinajstić information content (AvgIpc) is 3.21. The van der Waals surface area contributed by atoms with Gasteiger partial charge in [0.1, 0.15) is 58.7 Å². The zero-order valence-corrected chi connectivity index (χ0v) is 20.9. The predicted octanol–water partition coefficient (Wildman–Crippen LogP) is -0.754. The Kier molecular flexibility index (Phi) is 7.60. The molecule has 5 rings (SSSR count). The number of hydrogen-bond acceptors (Lipinski definition) is 14. The van der Waals surface area contributed by atoms with E-state index in [1.165, 1.54) is 31.2 Å². The fourth-order valence-corrected chi connectivity index (χ4v) is 4.67. The van der Waals surface area contributed by atoms with E-state index < -0.39 is 78.8 Å². The highest BCUT2D eigenvalue weighted by Gasteiger charge is 2.51. The molecule has 2 fully saturated rings. The molecule has 8 N–H and O–H groups in total. The third-order valence-electron chi connectivity index (χ3n) is 6.86. The molecule has 14 heteroatoms. The van der Waals surface area contributed by atoms with Gasteiger partial charge < -0.3 is 64.2 Å². The molecular weight excluding hydrogens is 536 g/mol. The van der Waals surface area contributed by atoms with Gasteiger partial charge in [-0.3, -0.25) is 4.79 Å². The number of aliphatic hydroxyl groups is 5. The molecule has 0 aliphatic carbocycles. The Balaban J connectivity index is 1.57. The maximum atomic E-state index is 13.6. The summed E-state index contributed by atoms with van der Waals surface area (Å²) in [5.41, 5.74) is -0.847. The Hall–Kier alpha value is -3.47. The van der Waals surface area contributed by atoms with Crippen molar-refractivity contribution in [2.75, 3.05) is 6.61 Å². The fourth-order valence-electron chi connectivity index (χ4n) is 4.67. The summed E-state index contributed by atoms with van der Waals surface area (Å²) in [6, 6.07) is 7.48. The number of rotatable bonds is 6. The van der Waals surface area contributed by atoms with E-state index in [1.807, 2.05) is 0 Å². The minimum absolute atomic E-state index is 0.0845. The van der Waals surface area contributed by atoms with Crippen molar-refractivity contribution >= 4 is 11.0 Å². The zero-order chi connectivity index (χ0) is 28.9. The van der Waals surface area contributed by atoms with Gasteiger partial charge in [-0.1, -0.05) is 0 Å². The number of hydrogen-bond donors (Lipinski definition) is 8. The van der Waals surface area contributed by atoms with Crippen LogP contribution in [0.5, 0.6) is 23.0 Å². The lowest BCUT2D eigenvalue weighted by Gasteiger charge is -2.40. The standard InChI is InChI=1S/C26H28O14/c1-9-17(31)20(34)21(35)25(36-9)40-24-18(32)15(8-27)38-26(24)39-23-19(33)16-13(30)6-12(29)7-14(16)37-22(23)10-2-4-11(28)5-3-10/h2-7,9,15,17-18,20-21,24-32,34-35H,8H2,1H3. The Labute approximate surface area is 225 Å². The highest BCUT2D eigenvalue weighted by atomic mass is 16.8. The van der Waals surface area contributed by atoms with E-state index in [-0.39, 0.29) is 33.8 Å². The van der Waals surface area contributed by atoms with E-state index in [2.05, 4.69) is 0 Å². The van der Waals surface area contributed by atoms with E-state index in [4.69, 9.17) is 23.4 Å². The molecule has 0 bridgehead atoms. The second kappa shape index (κ2) is 10.8. The number of fused-ring (bicyclic) bond motifs is 1. The van der Waals surface area contributed by atoms with Gasteiger partial charge in [-0.15, -0.1) is 0 Å². The molecule has 0 saturated carbocycles. The molecule has 40 heavy (non-hydrogen) atoms. The van der Waals surface area contributed by atoms with Crippen molar-refractivity contribution in [1.29, 1.82) is 0 Å². The van der Waals surface area contributed by atoms with Gasteiger partial charge in [-0.2, -0.15) is 0 Å². The van der Waals surface area contributed by atoms with Crippen molar-refractivity contribution in [2.24, 2.45) is 0 Å². The molecule has 2 saturated heterocycles. The Morgan fingerprint density at radius 1 is 0.850 bits per heavy atom. The number of aromatic hydroxyl groups is 3. The van der Waals surface area contributed by atoms with Gasteiger partial charge in [-0.05, 0) is 31.2 Å². The lowest BCUT2D eigenvalue weighted by Crippen LogP contribution is -2.59. The van der Waals surface area contributed by atoms with Gasteiger partial charge in [0.25, 0.3) is 0 Å². The predicted molar refractivity (Wildman–Crippen MR) is 133 cm³/mol. The van der Waals surface area contributed by atoms with Crippen molar-refractivity contribution in [3.05, 3.63) is 46.6 Å². The molecule has 2 aromatic carbocycles. The van der Waals surface area contributed by atoms with E-state index >= 15 is 0 Å². The molecule has 3 aromatic rings. The highest BCUT2D eigenvalue weighted by Crippen LogP contribution is 2.38. The highest BCUT2D eigenvalue weighted by molar-refractivity contribution is 5.88. The SMILES string of the molecule is CC1OC(OC2C(Oc3c(-c4ccc(O)cc4)oc4cc(O)cc(O)c4c3=O)OC(CO)C2O)C(O)C(O)C1O. The largest absolute Gasteiger partial charge is 0.508 e. The van der Waals surface area contributed by atoms with Gasteiger partial charge in [0.2, 0.25) is 17.5 Å². The van der Waals surface area contributed by atoms with Crippen LogP contribution in [0.15, 0.2) is 45.6 Å². The van der Waals surface area contributed by atoms with Crippen molar-refractivity contribution in [3.8, 4) is 34.3 Å². The van der Waals surface area contributed by atoms with Crippen molar-refractivity contribution < 1.29 is 64.2 Å². The number of ether oxygens (including phenoxy) is 4. The molecular formula is C26H28O14. The lowest BCUT2D eigenvalue weighted by molar-refractivity contribution is -0.316. The third-order valence-corrected chi connectivity index (χ3v) is 6.86.